The van der Waals surface area contributed by atoms with Crippen molar-refractivity contribution >= 4 is 45.7 Å². The molecule has 0 spiro atoms. The first-order valence-corrected chi connectivity index (χ1v) is 11.4. The fourth-order valence-electron chi connectivity index (χ4n) is 3.39. The molecular formula is C27H24N2O3S. The molecule has 0 heterocycles. The predicted octanol–water partition coefficient (Wildman–Crippen LogP) is 6.22. The minimum Gasteiger partial charge on any atom is -0.497 e. The normalized spacial score (nSPS) is 11.6. The van der Waals surface area contributed by atoms with Crippen LogP contribution in [0.3, 0.4) is 0 Å². The van der Waals surface area contributed by atoms with E-state index in [1.807, 2.05) is 73.7 Å². The number of amides is 2. The van der Waals surface area contributed by atoms with E-state index in [0.29, 0.717) is 17.0 Å². The smallest absolute Gasteiger partial charge is 0.255 e. The summed E-state index contributed by atoms with van der Waals surface area (Å²) in [5.41, 5.74) is 2.04. The molecule has 4 aromatic carbocycles. The molecule has 0 aliphatic carbocycles. The maximum atomic E-state index is 12.8. The highest BCUT2D eigenvalue weighted by atomic mass is 32.2. The zero-order valence-corrected chi connectivity index (χ0v) is 19.2. The number of fused-ring (bicyclic) bond motifs is 1. The quantitative estimate of drug-likeness (QED) is 0.324. The van der Waals surface area contributed by atoms with Gasteiger partial charge < -0.3 is 15.4 Å². The Hall–Kier alpha value is -3.77. The molecule has 4 aromatic rings. The maximum absolute atomic E-state index is 12.8. The number of methoxy groups -OCH3 is 1. The molecule has 0 bridgehead atoms. The molecule has 1 atom stereocenters. The van der Waals surface area contributed by atoms with Crippen molar-refractivity contribution in [2.24, 2.45) is 0 Å². The van der Waals surface area contributed by atoms with Crippen LogP contribution in [0.5, 0.6) is 5.75 Å². The average molecular weight is 457 g/mol. The maximum Gasteiger partial charge on any atom is 0.255 e. The number of benzene rings is 4. The van der Waals surface area contributed by atoms with Gasteiger partial charge in [0.1, 0.15) is 5.75 Å². The zero-order chi connectivity index (χ0) is 23.2. The standard InChI is InChI=1S/C27H24N2O3S/c1-18(26(30)29-25-9-5-7-19-6-3-4-8-24(19)25)33-23-16-12-21(13-17-23)28-27(31)20-10-14-22(32-2)15-11-20/h3-18H,1-2H3,(H,28,31)(H,29,30). The molecule has 166 valence electrons. The summed E-state index contributed by atoms with van der Waals surface area (Å²) in [6.07, 6.45) is 0. The summed E-state index contributed by atoms with van der Waals surface area (Å²) in [6.45, 7) is 1.88. The molecule has 0 aliphatic rings. The van der Waals surface area contributed by atoms with E-state index in [4.69, 9.17) is 4.74 Å². The molecule has 2 amide bonds. The first-order chi connectivity index (χ1) is 16.0. The van der Waals surface area contributed by atoms with Crippen LogP contribution in [0.1, 0.15) is 17.3 Å². The number of anilines is 2. The molecular weight excluding hydrogens is 432 g/mol. The summed E-state index contributed by atoms with van der Waals surface area (Å²) in [5, 5.41) is 7.74. The number of carbonyl (C=O) groups excluding carboxylic acids is 2. The number of ether oxygens (including phenoxy) is 1. The van der Waals surface area contributed by atoms with E-state index in [9.17, 15) is 9.59 Å². The van der Waals surface area contributed by atoms with Crippen molar-refractivity contribution in [3.05, 3.63) is 96.6 Å². The number of thioether (sulfide) groups is 1. The summed E-state index contributed by atoms with van der Waals surface area (Å²) in [7, 11) is 1.59. The highest BCUT2D eigenvalue weighted by Gasteiger charge is 2.16. The summed E-state index contributed by atoms with van der Waals surface area (Å²) in [6, 6.07) is 28.2. The van der Waals surface area contributed by atoms with Crippen LogP contribution in [0, 0.1) is 0 Å². The lowest BCUT2D eigenvalue weighted by Crippen LogP contribution is -2.22. The SMILES string of the molecule is COc1ccc(C(=O)Nc2ccc(SC(C)C(=O)Nc3cccc4ccccc34)cc2)cc1. The average Bonchev–Trinajstić information content (AvgIpc) is 2.85. The summed E-state index contributed by atoms with van der Waals surface area (Å²) >= 11 is 1.47. The second kappa shape index (κ2) is 10.2. The van der Waals surface area contributed by atoms with Gasteiger partial charge in [-0.1, -0.05) is 36.4 Å². The number of nitrogens with one attached hydrogen (secondary N) is 2. The van der Waals surface area contributed by atoms with Gasteiger partial charge >= 0.3 is 0 Å². The van der Waals surface area contributed by atoms with E-state index in [1.54, 1.807) is 31.4 Å². The molecule has 1 unspecified atom stereocenters. The van der Waals surface area contributed by atoms with Gasteiger partial charge in [0.15, 0.2) is 0 Å². The van der Waals surface area contributed by atoms with Crippen molar-refractivity contribution in [3.8, 4) is 5.75 Å². The van der Waals surface area contributed by atoms with Gasteiger partial charge in [-0.2, -0.15) is 0 Å². The van der Waals surface area contributed by atoms with Crippen molar-refractivity contribution < 1.29 is 14.3 Å². The van der Waals surface area contributed by atoms with Gasteiger partial charge in [-0.05, 0) is 66.9 Å². The van der Waals surface area contributed by atoms with Crippen LogP contribution >= 0.6 is 11.8 Å². The van der Waals surface area contributed by atoms with Gasteiger partial charge in [-0.25, -0.2) is 0 Å². The van der Waals surface area contributed by atoms with Crippen molar-refractivity contribution in [2.45, 2.75) is 17.1 Å². The third-order valence-corrected chi connectivity index (χ3v) is 6.31. The zero-order valence-electron chi connectivity index (χ0n) is 18.4. The van der Waals surface area contributed by atoms with Gasteiger partial charge in [-0.15, -0.1) is 11.8 Å². The van der Waals surface area contributed by atoms with Gasteiger partial charge in [0.05, 0.1) is 12.4 Å². The lowest BCUT2D eigenvalue weighted by atomic mass is 10.1. The monoisotopic (exact) mass is 456 g/mol. The van der Waals surface area contributed by atoms with Crippen LogP contribution in [-0.4, -0.2) is 24.2 Å². The van der Waals surface area contributed by atoms with Crippen molar-refractivity contribution in [1.29, 1.82) is 0 Å². The van der Waals surface area contributed by atoms with Crippen molar-refractivity contribution in [2.75, 3.05) is 17.7 Å². The molecule has 0 aromatic heterocycles. The highest BCUT2D eigenvalue weighted by molar-refractivity contribution is 8.00. The van der Waals surface area contributed by atoms with Crippen molar-refractivity contribution in [1.82, 2.24) is 0 Å². The minimum absolute atomic E-state index is 0.0618. The lowest BCUT2D eigenvalue weighted by molar-refractivity contribution is -0.115. The van der Waals surface area contributed by atoms with Gasteiger partial charge in [-0.3, -0.25) is 9.59 Å². The van der Waals surface area contributed by atoms with Crippen LogP contribution in [0.4, 0.5) is 11.4 Å². The van der Waals surface area contributed by atoms with E-state index in [2.05, 4.69) is 10.6 Å². The van der Waals surface area contributed by atoms with E-state index < -0.39 is 0 Å². The molecule has 0 saturated carbocycles. The van der Waals surface area contributed by atoms with Gasteiger partial charge in [0, 0.05) is 27.2 Å². The Morgan fingerprint density at radius 2 is 1.52 bits per heavy atom. The number of rotatable bonds is 7. The largest absolute Gasteiger partial charge is 0.497 e. The fourth-order valence-corrected chi connectivity index (χ4v) is 4.26. The number of hydrogen-bond acceptors (Lipinski definition) is 4. The fraction of sp³-hybridized carbons (Fsp3) is 0.111. The molecule has 5 nitrogen and oxygen atoms in total. The number of hydrogen-bond donors (Lipinski definition) is 2. The predicted molar refractivity (Wildman–Crippen MR) is 135 cm³/mol. The molecule has 0 aliphatic heterocycles. The lowest BCUT2D eigenvalue weighted by Gasteiger charge is -2.14. The van der Waals surface area contributed by atoms with E-state index in [-0.39, 0.29) is 17.1 Å². The Morgan fingerprint density at radius 1 is 0.818 bits per heavy atom. The van der Waals surface area contributed by atoms with E-state index >= 15 is 0 Å². The summed E-state index contributed by atoms with van der Waals surface area (Å²) in [5.74, 6) is 0.445. The van der Waals surface area contributed by atoms with Crippen molar-refractivity contribution in [3.63, 3.8) is 0 Å². The van der Waals surface area contributed by atoms with Crippen LogP contribution < -0.4 is 15.4 Å². The van der Waals surface area contributed by atoms with Gasteiger partial charge in [0.2, 0.25) is 5.91 Å². The Morgan fingerprint density at radius 3 is 2.24 bits per heavy atom. The molecule has 6 heteroatoms. The topological polar surface area (TPSA) is 67.4 Å². The highest BCUT2D eigenvalue weighted by Crippen LogP contribution is 2.28. The van der Waals surface area contributed by atoms with E-state index in [1.165, 1.54) is 11.8 Å². The third kappa shape index (κ3) is 5.54. The second-order valence-corrected chi connectivity index (χ2v) is 8.90. The molecule has 0 saturated heterocycles. The first kappa shape index (κ1) is 22.4. The minimum atomic E-state index is -0.288. The molecule has 2 N–H and O–H groups in total. The second-order valence-electron chi connectivity index (χ2n) is 7.48. The Balaban J connectivity index is 1.35. The summed E-state index contributed by atoms with van der Waals surface area (Å²) < 4.78 is 5.12. The van der Waals surface area contributed by atoms with E-state index in [0.717, 1.165) is 21.4 Å². The Kier molecular flexibility index (Phi) is 6.95. The first-order valence-electron chi connectivity index (χ1n) is 10.5. The molecule has 4 rings (SSSR count). The van der Waals surface area contributed by atoms with Crippen LogP contribution in [0.25, 0.3) is 10.8 Å². The Bertz CT molecular complexity index is 1270. The van der Waals surface area contributed by atoms with Crippen LogP contribution in [-0.2, 0) is 4.79 Å². The molecule has 0 fully saturated rings. The third-order valence-electron chi connectivity index (χ3n) is 5.19. The Labute approximate surface area is 197 Å². The van der Waals surface area contributed by atoms with Crippen LogP contribution in [0.2, 0.25) is 0 Å². The molecule has 33 heavy (non-hydrogen) atoms. The molecule has 0 radical (unpaired) electrons. The summed E-state index contributed by atoms with van der Waals surface area (Å²) in [4.78, 5) is 26.1. The van der Waals surface area contributed by atoms with Crippen LogP contribution in [0.15, 0.2) is 95.9 Å². The van der Waals surface area contributed by atoms with Gasteiger partial charge in [0.25, 0.3) is 5.91 Å². The number of carbonyl (C=O) groups is 2.